The molecular weight excluding hydrogens is 376 g/mol. The lowest BCUT2D eigenvalue weighted by Gasteiger charge is -2.31. The molecule has 0 saturated heterocycles. The minimum Gasteiger partial charge on any atom is -0.419 e. The molecule has 2 nitrogen and oxygen atoms in total. The Morgan fingerprint density at radius 2 is 0.786 bits per heavy atom. The van der Waals surface area contributed by atoms with Gasteiger partial charge in [0.2, 0.25) is 0 Å². The van der Waals surface area contributed by atoms with Crippen molar-refractivity contribution < 1.29 is 8.85 Å². The van der Waals surface area contributed by atoms with Crippen LogP contribution in [0.15, 0.2) is 0 Å². The van der Waals surface area contributed by atoms with Crippen LogP contribution in [0.3, 0.4) is 0 Å². The fraction of sp³-hybridized carbons (Fsp3) is 1.00. The zero-order chi connectivity index (χ0) is 21.1. The number of unbranched alkanes of at least 4 members (excludes halogenated alkanes) is 5. The summed E-state index contributed by atoms with van der Waals surface area (Å²) in [5, 5.41) is 0. The van der Waals surface area contributed by atoms with Crippen molar-refractivity contribution in [2.45, 2.75) is 155 Å². The highest BCUT2D eigenvalue weighted by Gasteiger charge is 2.24. The van der Waals surface area contributed by atoms with Crippen LogP contribution in [0.2, 0.25) is 12.1 Å². The van der Waals surface area contributed by atoms with Crippen molar-refractivity contribution in [2.24, 2.45) is 0 Å². The summed E-state index contributed by atoms with van der Waals surface area (Å²) in [6.45, 7) is 13.9. The zero-order valence-corrected chi connectivity index (χ0v) is 23.4. The first-order valence-electron chi connectivity index (χ1n) is 12.7. The minimum atomic E-state index is -0.358. The van der Waals surface area contributed by atoms with E-state index in [1.54, 1.807) is 0 Å². The molecule has 0 aliphatic carbocycles. The molecule has 0 spiro atoms. The summed E-state index contributed by atoms with van der Waals surface area (Å²) in [5.74, 6) is 0. The lowest BCUT2D eigenvalue weighted by Crippen LogP contribution is -2.30. The van der Waals surface area contributed by atoms with Crippen molar-refractivity contribution in [3.8, 4) is 0 Å². The van der Waals surface area contributed by atoms with Crippen LogP contribution in [-0.2, 0) is 8.85 Å². The maximum atomic E-state index is 6.50. The fourth-order valence-electron chi connectivity index (χ4n) is 3.94. The molecule has 0 aliphatic rings. The highest BCUT2D eigenvalue weighted by atomic mass is 28.2. The van der Waals surface area contributed by atoms with Crippen molar-refractivity contribution in [3.63, 3.8) is 0 Å². The van der Waals surface area contributed by atoms with E-state index in [2.05, 4.69) is 41.5 Å². The van der Waals surface area contributed by atoms with Gasteiger partial charge in [-0.3, -0.25) is 0 Å². The summed E-state index contributed by atoms with van der Waals surface area (Å²) >= 11 is 0. The molecule has 0 aromatic carbocycles. The highest BCUT2D eigenvalue weighted by Crippen LogP contribution is 2.26. The molecule has 4 heteroatoms. The van der Waals surface area contributed by atoms with Crippen molar-refractivity contribution in [3.05, 3.63) is 0 Å². The lowest BCUT2D eigenvalue weighted by atomic mass is 9.93. The molecule has 0 aromatic rings. The van der Waals surface area contributed by atoms with E-state index in [1.165, 1.54) is 102 Å². The van der Waals surface area contributed by atoms with Gasteiger partial charge in [0, 0.05) is 0 Å². The zero-order valence-electron chi connectivity index (χ0n) is 20.5. The van der Waals surface area contributed by atoms with Gasteiger partial charge in [0.25, 0.3) is 0 Å². The number of rotatable bonds is 21. The predicted octanol–water partition coefficient (Wildman–Crippen LogP) is 7.08. The van der Waals surface area contributed by atoms with Crippen LogP contribution in [0.1, 0.15) is 131 Å². The van der Waals surface area contributed by atoms with Crippen molar-refractivity contribution in [1.82, 2.24) is 0 Å². The van der Waals surface area contributed by atoms with E-state index in [1.807, 2.05) is 0 Å². The summed E-state index contributed by atoms with van der Waals surface area (Å²) in [5.41, 5.74) is 0.354. The van der Waals surface area contributed by atoms with Crippen molar-refractivity contribution >= 4 is 19.5 Å². The highest BCUT2D eigenvalue weighted by molar-refractivity contribution is 6.28. The molecule has 0 aromatic heterocycles. The molecule has 0 rings (SSSR count). The van der Waals surface area contributed by atoms with E-state index in [0.717, 1.165) is 0 Å². The molecule has 0 amide bonds. The molecule has 0 bridgehead atoms. The van der Waals surface area contributed by atoms with Gasteiger partial charge in [0.15, 0.2) is 19.5 Å². The minimum absolute atomic E-state index is 0.177. The van der Waals surface area contributed by atoms with Gasteiger partial charge in [-0.05, 0) is 51.6 Å². The molecule has 170 valence electrons. The molecule has 0 heterocycles. The molecule has 0 N–H and O–H groups in total. The monoisotopic (exact) mass is 430 g/mol. The lowest BCUT2D eigenvalue weighted by molar-refractivity contribution is 0.0678. The summed E-state index contributed by atoms with van der Waals surface area (Å²) in [4.78, 5) is 0. The summed E-state index contributed by atoms with van der Waals surface area (Å²) in [6.07, 6.45) is 18.1. The Morgan fingerprint density at radius 1 is 0.500 bits per heavy atom. The van der Waals surface area contributed by atoms with Gasteiger partial charge in [-0.25, -0.2) is 0 Å². The molecule has 28 heavy (non-hydrogen) atoms. The molecular formula is C24H54O2Si2. The fourth-order valence-corrected chi connectivity index (χ4v) is 6.90. The second-order valence-electron chi connectivity index (χ2n) is 9.43. The second-order valence-corrected chi connectivity index (χ2v) is 12.2. The van der Waals surface area contributed by atoms with Crippen LogP contribution in [0.5, 0.6) is 0 Å². The maximum Gasteiger partial charge on any atom is 0.162 e. The third-order valence-electron chi connectivity index (χ3n) is 6.18. The van der Waals surface area contributed by atoms with Crippen molar-refractivity contribution in [1.29, 1.82) is 0 Å². The topological polar surface area (TPSA) is 18.5 Å². The first-order chi connectivity index (χ1) is 13.4. The van der Waals surface area contributed by atoms with E-state index in [-0.39, 0.29) is 30.7 Å². The molecule has 0 saturated carbocycles. The third-order valence-corrected chi connectivity index (χ3v) is 9.56. The smallest absolute Gasteiger partial charge is 0.162 e. The predicted molar refractivity (Wildman–Crippen MR) is 133 cm³/mol. The van der Waals surface area contributed by atoms with Crippen LogP contribution in [0.25, 0.3) is 0 Å². The molecule has 0 atom stereocenters. The summed E-state index contributed by atoms with van der Waals surface area (Å²) in [7, 11) is -0.717. The van der Waals surface area contributed by atoms with E-state index in [0.29, 0.717) is 0 Å². The molecule has 0 unspecified atom stereocenters. The molecule has 0 radical (unpaired) electrons. The van der Waals surface area contributed by atoms with Gasteiger partial charge in [-0.2, -0.15) is 0 Å². The molecule has 0 aliphatic heterocycles. The summed E-state index contributed by atoms with van der Waals surface area (Å²) in [6, 6.07) is 2.70. The van der Waals surface area contributed by atoms with E-state index in [4.69, 9.17) is 8.85 Å². The van der Waals surface area contributed by atoms with E-state index < -0.39 is 0 Å². The average molecular weight is 431 g/mol. The number of hydrogen-bond acceptors (Lipinski definition) is 2. The Morgan fingerprint density at radius 3 is 1.04 bits per heavy atom. The van der Waals surface area contributed by atoms with Gasteiger partial charge in [0.1, 0.15) is 0 Å². The van der Waals surface area contributed by atoms with Gasteiger partial charge >= 0.3 is 0 Å². The van der Waals surface area contributed by atoms with Crippen LogP contribution < -0.4 is 0 Å². The quantitative estimate of drug-likeness (QED) is 0.143. The van der Waals surface area contributed by atoms with Crippen LogP contribution >= 0.6 is 0 Å². The Bertz CT molecular complexity index is 289. The molecule has 0 fully saturated rings. The maximum absolute atomic E-state index is 6.50. The average Bonchev–Trinajstić information content (AvgIpc) is 2.70. The van der Waals surface area contributed by atoms with Crippen LogP contribution in [0, 0.1) is 0 Å². The van der Waals surface area contributed by atoms with Gasteiger partial charge in [-0.15, -0.1) is 0 Å². The third kappa shape index (κ3) is 15.2. The van der Waals surface area contributed by atoms with Crippen molar-refractivity contribution in [2.75, 3.05) is 0 Å². The Kier molecular flexibility index (Phi) is 18.4. The van der Waals surface area contributed by atoms with E-state index >= 15 is 0 Å². The SMILES string of the molecule is CCCCC(C)(CCCC)O[SiH2]CCCC[SiH2]OC(C)(CCCC)CCCC. The van der Waals surface area contributed by atoms with E-state index in [9.17, 15) is 0 Å². The summed E-state index contributed by atoms with van der Waals surface area (Å²) < 4.78 is 13.0. The Balaban J connectivity index is 3.95. The van der Waals surface area contributed by atoms with Gasteiger partial charge in [-0.1, -0.05) is 91.9 Å². The standard InChI is InChI=1S/C24H54O2Si2/c1-7-11-17-23(5,18-12-8-2)25-27-21-15-16-22-28-26-24(6,19-13-9-3)20-14-10-4/h7-22,27-28H2,1-6H3. The first-order valence-corrected chi connectivity index (χ1v) is 15.9. The van der Waals surface area contributed by atoms with Gasteiger partial charge < -0.3 is 8.85 Å². The van der Waals surface area contributed by atoms with Crippen LogP contribution in [0.4, 0.5) is 0 Å². The second kappa shape index (κ2) is 18.1. The van der Waals surface area contributed by atoms with Crippen LogP contribution in [-0.4, -0.2) is 30.7 Å². The Labute approximate surface area is 183 Å². The first kappa shape index (κ1) is 28.4. The Hall–Kier alpha value is 0.354. The van der Waals surface area contributed by atoms with Gasteiger partial charge in [0.05, 0.1) is 11.2 Å². The number of hydrogen-bond donors (Lipinski definition) is 0. The normalized spacial score (nSPS) is 13.5. The largest absolute Gasteiger partial charge is 0.419 e.